The molecule has 0 aromatic rings. The summed E-state index contributed by atoms with van der Waals surface area (Å²) >= 11 is 0. The van der Waals surface area contributed by atoms with Gasteiger partial charge in [-0.3, -0.25) is 0 Å². The van der Waals surface area contributed by atoms with Crippen LogP contribution in [0.4, 0.5) is 0 Å². The molecule has 0 amide bonds. The molecule has 19 aliphatic rings. The van der Waals surface area contributed by atoms with Crippen LogP contribution in [0.3, 0.4) is 0 Å². The minimum Gasteiger partial charge on any atom is -0.394 e. The summed E-state index contributed by atoms with van der Waals surface area (Å²) in [6, 6.07) is 0. The number of rotatable bonds is 8. The summed E-state index contributed by atoms with van der Waals surface area (Å²) in [6.07, 6.45) is -57.2. The van der Waals surface area contributed by atoms with Crippen LogP contribution < -0.4 is 0 Å². The summed E-state index contributed by atoms with van der Waals surface area (Å²) in [5.74, 6) is 1.83. The molecule has 0 radical (unpaired) electrons. The summed E-state index contributed by atoms with van der Waals surface area (Å²) in [6.45, 7) is -4.11. The number of aliphatic hydroxyl groups is 19. The minimum atomic E-state index is -2.16. The van der Waals surface area contributed by atoms with Crippen LogP contribution in [0.5, 0.6) is 0 Å². The molecule has 15 heterocycles. The molecule has 14 unspecified atom stereocenters. The van der Waals surface area contributed by atoms with E-state index >= 15 is 0 Å². The van der Waals surface area contributed by atoms with E-state index in [2.05, 4.69) is 4.90 Å². The molecule has 15 aliphatic heterocycles. The normalized spacial score (nSPS) is 55.3. The van der Waals surface area contributed by atoms with E-state index in [1.807, 2.05) is 0 Å². The molecular formula is C59H97NO33. The molecule has 19 rings (SSSR count). The zero-order chi connectivity index (χ0) is 66.1. The lowest BCUT2D eigenvalue weighted by Gasteiger charge is -2.57. The lowest BCUT2D eigenvalue weighted by Crippen LogP contribution is -2.68. The number of fused-ring (bicyclic) bond motifs is 3. The Hall–Kier alpha value is -1.36. The third kappa shape index (κ3) is 14.4. The van der Waals surface area contributed by atoms with Gasteiger partial charge >= 0.3 is 0 Å². The SMILES string of the molecule is OC[C@H]1O[C@@H]2O[C@H]3C(O)C(O)[C@H](O[C@@H]3CO)O[C@H]3C(O)C(O)[C@@H]4O[C@@H]3CN(CCC35CC6CC(CC(C6)C3)C5)CCCCCC[C@H]3O[C@H](O[C@H]5C(O)C(O)[C@H](O[C@@H]5CO)O[C@H]1C(O)C2O)C(O)C(O)[C@@H]3O[C@H]1O[C@H](CO)[C@@H](O[C@H]2O[C@H](CO)[C@@H](O4)C(O)C2O)C(O)C1O. The van der Waals surface area contributed by atoms with Crippen molar-refractivity contribution in [3.63, 3.8) is 0 Å². The van der Waals surface area contributed by atoms with Gasteiger partial charge in [0.05, 0.1) is 39.1 Å². The average Bonchev–Trinajstić information content (AvgIpc) is 0.770. The Morgan fingerprint density at radius 3 is 0.882 bits per heavy atom. The van der Waals surface area contributed by atoms with Crippen LogP contribution in [0.2, 0.25) is 0 Å². The molecular weight excluding hydrogens is 1250 g/mol. The number of hydrogen-bond donors (Lipinski definition) is 19. The number of aliphatic hydroxyl groups excluding tert-OH is 19. The zero-order valence-corrected chi connectivity index (χ0v) is 51.2. The van der Waals surface area contributed by atoms with Crippen LogP contribution in [0.1, 0.15) is 77.0 Å². The highest BCUT2D eigenvalue weighted by Gasteiger charge is 2.60. The standard InChI is InChI=1S/C59H97NO33/c61-16-26-47-35(70)42(77)56(84-26)93-51-30(20-65)86-58(44(79)37(51)72)92-50-29(19-64)83-55(41(76)34(50)69)88-46-25-15-60(8-6-59-12-21-9-22(13-59)11-23(10-21)14-59)7-4-2-1-3-5-24-45(31(66)38(73)52(80-24)89-47)87-54-40(75)33(68)49(28(18-63)82-54)91-57-43(78)36(71)48(27(17-62)85-57)90-53(81-25)39(74)32(46)67/h21-58,61-79H,1-20H2/t21?,22?,23?,24-,25-,26-,27-,28-,29-,30-,31?,32?,33?,34?,35?,36?,37?,38?,39?,40?,41?,42?,43?,44?,45-,46-,47-,48-,49-,50-,51-,52-,53-,54-,55-,56-,57-,58-,59?/m1/s1. The van der Waals surface area contributed by atoms with Crippen molar-refractivity contribution < 1.29 is 163 Å². The third-order valence-corrected chi connectivity index (χ3v) is 21.7. The van der Waals surface area contributed by atoms with Gasteiger partial charge in [-0.2, -0.15) is 0 Å². The van der Waals surface area contributed by atoms with E-state index in [0.717, 1.165) is 25.7 Å². The van der Waals surface area contributed by atoms with E-state index in [1.54, 1.807) is 0 Å². The molecule has 34 nitrogen and oxygen atoms in total. The van der Waals surface area contributed by atoms with E-state index in [1.165, 1.54) is 19.3 Å². The van der Waals surface area contributed by atoms with Crippen LogP contribution in [0.15, 0.2) is 0 Å². The van der Waals surface area contributed by atoms with Gasteiger partial charge in [0.25, 0.3) is 0 Å². The summed E-state index contributed by atoms with van der Waals surface area (Å²) in [4.78, 5) is 2.11. The number of ether oxygens (including phenoxy) is 14. The predicted molar refractivity (Wildman–Crippen MR) is 299 cm³/mol. The van der Waals surface area contributed by atoms with Crippen molar-refractivity contribution in [2.24, 2.45) is 23.2 Å². The van der Waals surface area contributed by atoms with Gasteiger partial charge in [0.2, 0.25) is 0 Å². The van der Waals surface area contributed by atoms with Gasteiger partial charge in [0.1, 0.15) is 165 Å². The first-order chi connectivity index (χ1) is 44.6. The van der Waals surface area contributed by atoms with E-state index in [9.17, 15) is 97.0 Å². The van der Waals surface area contributed by atoms with Gasteiger partial charge in [0.15, 0.2) is 44.0 Å². The molecule has 4 saturated carbocycles. The van der Waals surface area contributed by atoms with E-state index in [-0.39, 0.29) is 18.4 Å². The van der Waals surface area contributed by atoms with Gasteiger partial charge in [-0.05, 0) is 94.0 Å². The molecule has 34 heteroatoms. The first kappa shape index (κ1) is 71.5. The molecule has 19 fully saturated rings. The van der Waals surface area contributed by atoms with Crippen molar-refractivity contribution in [2.45, 2.75) is 292 Å². The molecule has 93 heavy (non-hydrogen) atoms. The highest BCUT2D eigenvalue weighted by molar-refractivity contribution is 5.05. The highest BCUT2D eigenvalue weighted by atomic mass is 16.8. The van der Waals surface area contributed by atoms with E-state index in [0.29, 0.717) is 56.5 Å². The molecule has 35 atom stereocenters. The number of nitrogens with zero attached hydrogens (tertiary/aromatic N) is 1. The lowest BCUT2D eigenvalue weighted by molar-refractivity contribution is -0.396. The van der Waals surface area contributed by atoms with E-state index < -0.39 is 248 Å². The van der Waals surface area contributed by atoms with Crippen molar-refractivity contribution in [2.75, 3.05) is 52.7 Å². The van der Waals surface area contributed by atoms with Crippen LogP contribution in [0, 0.1) is 23.2 Å². The summed E-state index contributed by atoms with van der Waals surface area (Å²) in [5, 5.41) is 219. The number of hydrogen-bond acceptors (Lipinski definition) is 34. The first-order valence-electron chi connectivity index (χ1n) is 33.0. The maximum atomic E-state index is 12.4. The van der Waals surface area contributed by atoms with Gasteiger partial charge in [-0.25, -0.2) is 0 Å². The fraction of sp³-hybridized carbons (Fsp3) is 1.00. The second-order valence-electron chi connectivity index (χ2n) is 28.0. The molecule has 15 saturated heterocycles. The fourth-order valence-electron chi connectivity index (χ4n) is 17.1. The van der Waals surface area contributed by atoms with Crippen molar-refractivity contribution in [1.29, 1.82) is 0 Å². The van der Waals surface area contributed by atoms with Crippen LogP contribution >= 0.6 is 0 Å². The van der Waals surface area contributed by atoms with Gasteiger partial charge in [0, 0.05) is 6.54 Å². The molecule has 536 valence electrons. The maximum absolute atomic E-state index is 12.4. The third-order valence-electron chi connectivity index (χ3n) is 21.7. The second kappa shape index (κ2) is 30.1. The molecule has 0 aromatic heterocycles. The Labute approximate surface area is 534 Å². The monoisotopic (exact) mass is 1350 g/mol. The minimum absolute atomic E-state index is 0.0102. The van der Waals surface area contributed by atoms with Crippen molar-refractivity contribution in [3.05, 3.63) is 0 Å². The molecule has 0 spiro atoms. The predicted octanol–water partition coefficient (Wildman–Crippen LogP) is -9.34. The van der Waals surface area contributed by atoms with Gasteiger partial charge in [-0.15, -0.1) is 0 Å². The highest BCUT2D eigenvalue weighted by Crippen LogP contribution is 2.61. The van der Waals surface area contributed by atoms with E-state index in [4.69, 9.17) is 66.3 Å². The summed E-state index contributed by atoms with van der Waals surface area (Å²) in [5.41, 5.74) is 0.0475. The Morgan fingerprint density at radius 1 is 0.290 bits per heavy atom. The maximum Gasteiger partial charge on any atom is 0.187 e. The summed E-state index contributed by atoms with van der Waals surface area (Å²) < 4.78 is 85.3. The van der Waals surface area contributed by atoms with Crippen LogP contribution in [0.25, 0.3) is 0 Å². The Balaban J connectivity index is 0.914. The first-order valence-corrected chi connectivity index (χ1v) is 33.0. The quantitative estimate of drug-likeness (QED) is 0.107. The lowest BCUT2D eigenvalue weighted by atomic mass is 9.49. The zero-order valence-electron chi connectivity index (χ0n) is 51.2. The van der Waals surface area contributed by atoms with Crippen molar-refractivity contribution in [3.8, 4) is 0 Å². The van der Waals surface area contributed by atoms with Crippen LogP contribution in [-0.4, -0.2) is 370 Å². The van der Waals surface area contributed by atoms with Gasteiger partial charge in [-0.1, -0.05) is 19.3 Å². The Morgan fingerprint density at radius 2 is 0.559 bits per heavy atom. The second-order valence-corrected chi connectivity index (χ2v) is 28.0. The average molecular weight is 1350 g/mol. The van der Waals surface area contributed by atoms with Crippen molar-refractivity contribution in [1.82, 2.24) is 4.90 Å². The molecule has 19 N–H and O–H groups in total. The largest absolute Gasteiger partial charge is 0.394 e. The Bertz CT molecular complexity index is 2340. The Kier molecular flexibility index (Phi) is 23.1. The van der Waals surface area contributed by atoms with Crippen molar-refractivity contribution >= 4 is 0 Å². The smallest absolute Gasteiger partial charge is 0.187 e. The van der Waals surface area contributed by atoms with Crippen LogP contribution in [-0.2, 0) is 66.3 Å². The topological polar surface area (TPSA) is 517 Å². The molecule has 4 aliphatic carbocycles. The van der Waals surface area contributed by atoms with Gasteiger partial charge < -0.3 is 168 Å². The fourth-order valence-corrected chi connectivity index (χ4v) is 17.1. The summed E-state index contributed by atoms with van der Waals surface area (Å²) in [7, 11) is 0. The molecule has 18 bridgehead atoms. The molecule has 0 aromatic carbocycles.